The Morgan fingerprint density at radius 2 is 2.07 bits per heavy atom. The molecular formula is C13H17NO. The van der Waals surface area contributed by atoms with Gasteiger partial charge in [0.25, 0.3) is 0 Å². The Hall–Kier alpha value is -1.02. The van der Waals surface area contributed by atoms with Gasteiger partial charge in [0.15, 0.2) is 0 Å². The Labute approximate surface area is 90.6 Å². The van der Waals surface area contributed by atoms with Crippen LogP contribution in [0.3, 0.4) is 0 Å². The van der Waals surface area contributed by atoms with E-state index in [1.807, 2.05) is 6.07 Å². The normalized spacial score (nSPS) is 33.2. The lowest BCUT2D eigenvalue weighted by Gasteiger charge is -2.19. The van der Waals surface area contributed by atoms with Crippen molar-refractivity contribution in [3.8, 4) is 0 Å². The molecule has 2 saturated heterocycles. The van der Waals surface area contributed by atoms with Crippen molar-refractivity contribution in [2.24, 2.45) is 5.92 Å². The number of nitrogens with one attached hydrogen (secondary N) is 1. The van der Waals surface area contributed by atoms with Crippen LogP contribution in [0.1, 0.15) is 19.3 Å². The van der Waals surface area contributed by atoms with Gasteiger partial charge in [0.2, 0.25) is 0 Å². The first-order valence-electron chi connectivity index (χ1n) is 5.86. The standard InChI is InChI=1S/C13H17NO/c1-2-4-11(5-3-1)14-9-10-8-12-6-7-13(10)15-12/h1-5,10,12-14H,6-9H2. The fraction of sp³-hybridized carbons (Fsp3) is 0.538. The SMILES string of the molecule is c1ccc(NCC2CC3CCC2O3)cc1. The maximum atomic E-state index is 5.83. The van der Waals surface area contributed by atoms with Gasteiger partial charge in [-0.25, -0.2) is 0 Å². The Kier molecular flexibility index (Phi) is 2.37. The quantitative estimate of drug-likeness (QED) is 0.815. The van der Waals surface area contributed by atoms with Gasteiger partial charge in [-0.3, -0.25) is 0 Å². The molecule has 80 valence electrons. The van der Waals surface area contributed by atoms with E-state index in [4.69, 9.17) is 4.74 Å². The molecule has 1 aromatic rings. The van der Waals surface area contributed by atoms with E-state index in [0.29, 0.717) is 12.2 Å². The number of benzene rings is 1. The number of anilines is 1. The van der Waals surface area contributed by atoms with E-state index in [0.717, 1.165) is 12.5 Å². The molecule has 3 rings (SSSR count). The van der Waals surface area contributed by atoms with Gasteiger partial charge in [-0.1, -0.05) is 18.2 Å². The summed E-state index contributed by atoms with van der Waals surface area (Å²) < 4.78 is 5.83. The van der Waals surface area contributed by atoms with Gasteiger partial charge >= 0.3 is 0 Å². The molecule has 0 aromatic heterocycles. The molecule has 1 N–H and O–H groups in total. The highest BCUT2D eigenvalue weighted by molar-refractivity contribution is 5.42. The lowest BCUT2D eigenvalue weighted by Crippen LogP contribution is -2.24. The average molecular weight is 203 g/mol. The summed E-state index contributed by atoms with van der Waals surface area (Å²) in [5.41, 5.74) is 1.22. The lowest BCUT2D eigenvalue weighted by atomic mass is 9.89. The zero-order chi connectivity index (χ0) is 10.1. The van der Waals surface area contributed by atoms with Crippen LogP contribution in [0.25, 0.3) is 0 Å². The zero-order valence-corrected chi connectivity index (χ0v) is 8.86. The molecule has 0 aliphatic carbocycles. The summed E-state index contributed by atoms with van der Waals surface area (Å²) in [6, 6.07) is 10.4. The van der Waals surface area contributed by atoms with Crippen LogP contribution in [-0.2, 0) is 4.74 Å². The first-order chi connectivity index (χ1) is 7.42. The van der Waals surface area contributed by atoms with Crippen molar-refractivity contribution in [2.75, 3.05) is 11.9 Å². The molecule has 2 heterocycles. The third-order valence-corrected chi connectivity index (χ3v) is 3.57. The molecule has 2 aliphatic heterocycles. The average Bonchev–Trinajstić information content (AvgIpc) is 2.89. The van der Waals surface area contributed by atoms with Gasteiger partial charge in [-0.15, -0.1) is 0 Å². The third-order valence-electron chi connectivity index (χ3n) is 3.57. The van der Waals surface area contributed by atoms with E-state index in [1.54, 1.807) is 0 Å². The molecule has 3 atom stereocenters. The minimum Gasteiger partial charge on any atom is -0.385 e. The second-order valence-corrected chi connectivity index (χ2v) is 4.62. The Morgan fingerprint density at radius 3 is 2.73 bits per heavy atom. The third kappa shape index (κ3) is 1.86. The Morgan fingerprint density at radius 1 is 1.20 bits per heavy atom. The van der Waals surface area contributed by atoms with Crippen molar-refractivity contribution in [1.29, 1.82) is 0 Å². The first-order valence-corrected chi connectivity index (χ1v) is 5.86. The van der Waals surface area contributed by atoms with Crippen LogP contribution in [0.2, 0.25) is 0 Å². The maximum Gasteiger partial charge on any atom is 0.0625 e. The van der Waals surface area contributed by atoms with E-state index >= 15 is 0 Å². The molecule has 2 nitrogen and oxygen atoms in total. The second-order valence-electron chi connectivity index (χ2n) is 4.62. The van der Waals surface area contributed by atoms with Gasteiger partial charge in [-0.2, -0.15) is 0 Å². The van der Waals surface area contributed by atoms with E-state index in [1.165, 1.54) is 24.9 Å². The fourth-order valence-corrected chi connectivity index (χ4v) is 2.76. The molecule has 15 heavy (non-hydrogen) atoms. The van der Waals surface area contributed by atoms with Gasteiger partial charge in [0.05, 0.1) is 12.2 Å². The maximum absolute atomic E-state index is 5.83. The molecule has 2 heteroatoms. The minimum atomic E-state index is 0.534. The molecule has 0 spiro atoms. The summed E-state index contributed by atoms with van der Waals surface area (Å²) in [4.78, 5) is 0. The summed E-state index contributed by atoms with van der Waals surface area (Å²) in [5, 5.41) is 3.49. The fourth-order valence-electron chi connectivity index (χ4n) is 2.76. The van der Waals surface area contributed by atoms with Gasteiger partial charge < -0.3 is 10.1 Å². The molecule has 2 aliphatic rings. The lowest BCUT2D eigenvalue weighted by molar-refractivity contribution is 0.0941. The molecule has 0 radical (unpaired) electrons. The van der Waals surface area contributed by atoms with Crippen LogP contribution in [0.4, 0.5) is 5.69 Å². The van der Waals surface area contributed by atoms with Crippen molar-refractivity contribution >= 4 is 5.69 Å². The van der Waals surface area contributed by atoms with Gasteiger partial charge in [0.1, 0.15) is 0 Å². The topological polar surface area (TPSA) is 21.3 Å². The van der Waals surface area contributed by atoms with Crippen molar-refractivity contribution < 1.29 is 4.74 Å². The van der Waals surface area contributed by atoms with E-state index in [2.05, 4.69) is 29.6 Å². The van der Waals surface area contributed by atoms with Crippen LogP contribution in [-0.4, -0.2) is 18.8 Å². The Balaban J connectivity index is 1.55. The highest BCUT2D eigenvalue weighted by Crippen LogP contribution is 2.38. The summed E-state index contributed by atoms with van der Waals surface area (Å²) >= 11 is 0. The predicted octanol–water partition coefficient (Wildman–Crippen LogP) is 2.67. The summed E-state index contributed by atoms with van der Waals surface area (Å²) in [6.07, 6.45) is 4.91. The van der Waals surface area contributed by atoms with Gasteiger partial charge in [-0.05, 0) is 31.4 Å². The predicted molar refractivity (Wildman–Crippen MR) is 60.9 cm³/mol. The van der Waals surface area contributed by atoms with E-state index in [9.17, 15) is 0 Å². The van der Waals surface area contributed by atoms with Crippen molar-refractivity contribution in [2.45, 2.75) is 31.5 Å². The van der Waals surface area contributed by atoms with E-state index in [-0.39, 0.29) is 0 Å². The molecule has 2 fully saturated rings. The molecule has 0 amide bonds. The van der Waals surface area contributed by atoms with Gasteiger partial charge in [0, 0.05) is 18.2 Å². The number of hydrogen-bond donors (Lipinski definition) is 1. The Bertz CT molecular complexity index is 325. The number of fused-ring (bicyclic) bond motifs is 2. The molecule has 3 unspecified atom stereocenters. The van der Waals surface area contributed by atoms with Crippen molar-refractivity contribution in [3.63, 3.8) is 0 Å². The van der Waals surface area contributed by atoms with Crippen LogP contribution >= 0.6 is 0 Å². The smallest absolute Gasteiger partial charge is 0.0625 e. The highest BCUT2D eigenvalue weighted by atomic mass is 16.5. The molecule has 0 saturated carbocycles. The number of ether oxygens (including phenoxy) is 1. The summed E-state index contributed by atoms with van der Waals surface area (Å²) in [5.74, 6) is 0.726. The number of para-hydroxylation sites is 1. The van der Waals surface area contributed by atoms with Crippen molar-refractivity contribution in [1.82, 2.24) is 0 Å². The van der Waals surface area contributed by atoms with Crippen LogP contribution in [0, 0.1) is 5.92 Å². The number of hydrogen-bond acceptors (Lipinski definition) is 2. The largest absolute Gasteiger partial charge is 0.385 e. The molecule has 1 aromatic carbocycles. The highest BCUT2D eigenvalue weighted by Gasteiger charge is 2.40. The summed E-state index contributed by atoms with van der Waals surface area (Å²) in [6.45, 7) is 1.06. The number of rotatable bonds is 3. The molecule has 2 bridgehead atoms. The summed E-state index contributed by atoms with van der Waals surface area (Å²) in [7, 11) is 0. The van der Waals surface area contributed by atoms with Crippen molar-refractivity contribution in [3.05, 3.63) is 30.3 Å². The minimum absolute atomic E-state index is 0.534. The van der Waals surface area contributed by atoms with Crippen LogP contribution < -0.4 is 5.32 Å². The zero-order valence-electron chi connectivity index (χ0n) is 8.86. The first kappa shape index (κ1) is 9.22. The van der Waals surface area contributed by atoms with Crippen LogP contribution in [0.5, 0.6) is 0 Å². The van der Waals surface area contributed by atoms with E-state index < -0.39 is 0 Å². The monoisotopic (exact) mass is 203 g/mol. The van der Waals surface area contributed by atoms with Crippen LogP contribution in [0.15, 0.2) is 30.3 Å². The molecular weight excluding hydrogens is 186 g/mol. The second kappa shape index (κ2) is 3.86.